The molecule has 2 heteroatoms. The van der Waals surface area contributed by atoms with Crippen molar-refractivity contribution in [2.45, 2.75) is 37.2 Å². The second-order valence-electron chi connectivity index (χ2n) is 2.47. The first-order valence-electron chi connectivity index (χ1n) is 3.89. The lowest BCUT2D eigenvalue weighted by Gasteiger charge is -2.05. The van der Waals surface area contributed by atoms with E-state index >= 15 is 0 Å². The maximum Gasteiger partial charge on any atom is 0.0585 e. The van der Waals surface area contributed by atoms with Gasteiger partial charge in [-0.1, -0.05) is 26.2 Å². The van der Waals surface area contributed by atoms with Crippen LogP contribution in [0.15, 0.2) is 10.8 Å². The van der Waals surface area contributed by atoms with Crippen LogP contribution in [0.2, 0.25) is 0 Å². The maximum atomic E-state index is 2.26. The molecule has 0 aromatic rings. The van der Waals surface area contributed by atoms with E-state index in [1.165, 1.54) is 25.7 Å². The molecule has 0 bridgehead atoms. The van der Waals surface area contributed by atoms with Crippen LogP contribution in [0.3, 0.4) is 0 Å². The van der Waals surface area contributed by atoms with Crippen LogP contribution in [0, 0.1) is 0 Å². The van der Waals surface area contributed by atoms with Gasteiger partial charge in [0.1, 0.15) is 0 Å². The maximum absolute atomic E-state index is 2.26. The molecule has 0 aromatic heterocycles. The summed E-state index contributed by atoms with van der Waals surface area (Å²) < 4.78 is 0.839. The molecule has 1 rings (SSSR count). The minimum absolute atomic E-state index is 0.839. The summed E-state index contributed by atoms with van der Waals surface area (Å²) in [5.41, 5.74) is 0. The molecule has 0 aromatic carbocycles. The van der Waals surface area contributed by atoms with E-state index in [0.717, 1.165) is 4.58 Å². The number of unbranched alkanes of at least 4 members (excludes halogenated alkanes) is 2. The van der Waals surface area contributed by atoms with Crippen LogP contribution >= 0.6 is 23.5 Å². The van der Waals surface area contributed by atoms with E-state index in [-0.39, 0.29) is 0 Å². The molecular formula is C8H14S2. The fraction of sp³-hybridized carbons (Fsp3) is 0.750. The Morgan fingerprint density at radius 2 is 1.90 bits per heavy atom. The molecule has 0 unspecified atom stereocenters. The van der Waals surface area contributed by atoms with Crippen LogP contribution < -0.4 is 0 Å². The predicted octanol–water partition coefficient (Wildman–Crippen LogP) is 3.84. The topological polar surface area (TPSA) is 0 Å². The lowest BCUT2D eigenvalue weighted by atomic mass is 10.2. The van der Waals surface area contributed by atoms with Gasteiger partial charge in [0.05, 0.1) is 4.58 Å². The average molecular weight is 174 g/mol. The Hall–Kier alpha value is 0.440. The van der Waals surface area contributed by atoms with E-state index in [2.05, 4.69) is 17.7 Å². The van der Waals surface area contributed by atoms with Gasteiger partial charge in [0, 0.05) is 0 Å². The Labute approximate surface area is 71.8 Å². The van der Waals surface area contributed by atoms with Crippen LogP contribution in [0.1, 0.15) is 32.6 Å². The highest BCUT2D eigenvalue weighted by Crippen LogP contribution is 2.36. The molecule has 0 amide bonds. The predicted molar refractivity (Wildman–Crippen MR) is 52.3 cm³/mol. The Morgan fingerprint density at radius 1 is 1.20 bits per heavy atom. The molecule has 0 nitrogen and oxygen atoms in total. The van der Waals surface area contributed by atoms with Crippen molar-refractivity contribution in [2.75, 3.05) is 0 Å². The van der Waals surface area contributed by atoms with E-state index in [1.807, 2.05) is 23.5 Å². The first-order valence-corrected chi connectivity index (χ1v) is 5.78. The molecule has 0 aliphatic carbocycles. The monoisotopic (exact) mass is 174 g/mol. The molecule has 10 heavy (non-hydrogen) atoms. The van der Waals surface area contributed by atoms with Gasteiger partial charge in [-0.25, -0.2) is 0 Å². The normalized spacial score (nSPS) is 18.5. The third-order valence-corrected chi connectivity index (χ3v) is 4.06. The van der Waals surface area contributed by atoms with Gasteiger partial charge in [0.2, 0.25) is 0 Å². The zero-order valence-electron chi connectivity index (χ0n) is 6.38. The van der Waals surface area contributed by atoms with Gasteiger partial charge in [-0.15, -0.1) is 23.5 Å². The van der Waals surface area contributed by atoms with Gasteiger partial charge < -0.3 is 0 Å². The largest absolute Gasteiger partial charge is 0.119 e. The van der Waals surface area contributed by atoms with Gasteiger partial charge in [-0.2, -0.15) is 0 Å². The van der Waals surface area contributed by atoms with Crippen LogP contribution in [0.5, 0.6) is 0 Å². The average Bonchev–Trinajstić information content (AvgIpc) is 2.41. The number of rotatable bonds is 4. The van der Waals surface area contributed by atoms with E-state index in [0.29, 0.717) is 0 Å². The summed E-state index contributed by atoms with van der Waals surface area (Å²) in [6.45, 7) is 2.26. The number of hydrogen-bond acceptors (Lipinski definition) is 2. The van der Waals surface area contributed by atoms with E-state index in [9.17, 15) is 0 Å². The van der Waals surface area contributed by atoms with Crippen molar-refractivity contribution in [2.24, 2.45) is 0 Å². The smallest absolute Gasteiger partial charge is 0.0585 e. The van der Waals surface area contributed by atoms with Crippen molar-refractivity contribution >= 4 is 23.5 Å². The van der Waals surface area contributed by atoms with Gasteiger partial charge in [0.25, 0.3) is 0 Å². The van der Waals surface area contributed by atoms with Crippen molar-refractivity contribution in [3.63, 3.8) is 0 Å². The van der Waals surface area contributed by atoms with Crippen LogP contribution in [-0.2, 0) is 0 Å². The fourth-order valence-corrected chi connectivity index (χ4v) is 3.08. The Morgan fingerprint density at radius 3 is 2.50 bits per heavy atom. The van der Waals surface area contributed by atoms with Crippen molar-refractivity contribution in [3.8, 4) is 0 Å². The number of thioether (sulfide) groups is 2. The molecule has 0 spiro atoms. The molecule has 0 atom stereocenters. The highest BCUT2D eigenvalue weighted by atomic mass is 32.2. The molecule has 0 fully saturated rings. The Kier molecular flexibility index (Phi) is 4.39. The minimum atomic E-state index is 0.839. The molecule has 0 saturated carbocycles. The highest BCUT2D eigenvalue weighted by molar-refractivity contribution is 8.22. The second kappa shape index (κ2) is 5.14. The second-order valence-corrected chi connectivity index (χ2v) is 4.99. The molecule has 1 heterocycles. The summed E-state index contributed by atoms with van der Waals surface area (Å²) in [6, 6.07) is 0. The quantitative estimate of drug-likeness (QED) is 0.594. The van der Waals surface area contributed by atoms with Gasteiger partial charge >= 0.3 is 0 Å². The third kappa shape index (κ3) is 3.02. The fourth-order valence-electron chi connectivity index (χ4n) is 0.969. The van der Waals surface area contributed by atoms with Crippen LogP contribution in [0.4, 0.5) is 0 Å². The van der Waals surface area contributed by atoms with E-state index < -0.39 is 0 Å². The summed E-state index contributed by atoms with van der Waals surface area (Å²) in [4.78, 5) is 0. The first-order chi connectivity index (χ1) is 4.93. The molecule has 58 valence electrons. The molecular weight excluding hydrogens is 160 g/mol. The lowest BCUT2D eigenvalue weighted by molar-refractivity contribution is 0.698. The van der Waals surface area contributed by atoms with Crippen LogP contribution in [-0.4, -0.2) is 4.58 Å². The summed E-state index contributed by atoms with van der Waals surface area (Å²) in [5.74, 6) is 0. The summed E-state index contributed by atoms with van der Waals surface area (Å²) in [5, 5.41) is 4.42. The van der Waals surface area contributed by atoms with Crippen molar-refractivity contribution in [1.82, 2.24) is 0 Å². The highest BCUT2D eigenvalue weighted by Gasteiger charge is 2.09. The number of hydrogen-bond donors (Lipinski definition) is 0. The van der Waals surface area contributed by atoms with Crippen molar-refractivity contribution in [1.29, 1.82) is 0 Å². The van der Waals surface area contributed by atoms with Gasteiger partial charge in [0.15, 0.2) is 0 Å². The summed E-state index contributed by atoms with van der Waals surface area (Å²) in [7, 11) is 0. The molecule has 0 N–H and O–H groups in total. The van der Waals surface area contributed by atoms with Crippen molar-refractivity contribution < 1.29 is 0 Å². The molecule has 0 saturated heterocycles. The molecule has 0 radical (unpaired) electrons. The Bertz CT molecular complexity index is 102. The minimum Gasteiger partial charge on any atom is -0.119 e. The molecule has 1 aliphatic rings. The summed E-state index contributed by atoms with van der Waals surface area (Å²) in [6.07, 6.45) is 5.53. The SMILES string of the molecule is CCCCCC1SC=CS1. The van der Waals surface area contributed by atoms with E-state index in [1.54, 1.807) is 0 Å². The third-order valence-electron chi connectivity index (χ3n) is 1.56. The van der Waals surface area contributed by atoms with Gasteiger partial charge in [-0.05, 0) is 17.2 Å². The zero-order chi connectivity index (χ0) is 7.23. The molecule has 1 aliphatic heterocycles. The standard InChI is InChI=1S/C8H14S2/c1-2-3-4-5-8-9-6-7-10-8/h6-8H,2-5H2,1H3. The first kappa shape index (κ1) is 8.54. The van der Waals surface area contributed by atoms with Crippen molar-refractivity contribution in [3.05, 3.63) is 10.8 Å². The lowest BCUT2D eigenvalue weighted by Crippen LogP contribution is -1.90. The summed E-state index contributed by atoms with van der Waals surface area (Å²) >= 11 is 3.95. The Balaban J connectivity index is 1.93. The van der Waals surface area contributed by atoms with Gasteiger partial charge in [-0.3, -0.25) is 0 Å². The zero-order valence-corrected chi connectivity index (χ0v) is 8.01. The van der Waals surface area contributed by atoms with E-state index in [4.69, 9.17) is 0 Å². The van der Waals surface area contributed by atoms with Crippen LogP contribution in [0.25, 0.3) is 0 Å².